The molecule has 1 aromatic rings. The lowest BCUT2D eigenvalue weighted by atomic mass is 10.1. The number of carboxylic acid groups (broad SMARTS) is 1. The molecular formula is C18H26N2O5. The van der Waals surface area contributed by atoms with E-state index < -0.39 is 11.9 Å². The number of carbonyl (C=O) groups is 2. The second-order valence-electron chi connectivity index (χ2n) is 6.45. The van der Waals surface area contributed by atoms with Crippen molar-refractivity contribution in [1.82, 2.24) is 9.80 Å². The van der Waals surface area contributed by atoms with E-state index in [2.05, 4.69) is 0 Å². The largest absolute Gasteiger partial charge is 0.497 e. The van der Waals surface area contributed by atoms with Crippen molar-refractivity contribution in [3.05, 3.63) is 23.8 Å². The molecule has 0 bridgehead atoms. The Balaban J connectivity index is 2.00. The fraction of sp³-hybridized carbons (Fsp3) is 0.556. The highest BCUT2D eigenvalue weighted by Crippen LogP contribution is 2.26. The Hall–Kier alpha value is -2.28. The molecule has 0 aromatic heterocycles. The number of amides is 1. The van der Waals surface area contributed by atoms with Gasteiger partial charge in [-0.25, -0.2) is 0 Å². The molecule has 1 fully saturated rings. The molecule has 1 unspecified atom stereocenters. The molecule has 7 heteroatoms. The first-order valence-electron chi connectivity index (χ1n) is 8.35. The van der Waals surface area contributed by atoms with Gasteiger partial charge in [-0.05, 0) is 32.1 Å². The van der Waals surface area contributed by atoms with Gasteiger partial charge < -0.3 is 24.4 Å². The molecule has 1 saturated heterocycles. The summed E-state index contributed by atoms with van der Waals surface area (Å²) in [5, 5.41) is 9.06. The van der Waals surface area contributed by atoms with Gasteiger partial charge in [-0.15, -0.1) is 0 Å². The predicted octanol–water partition coefficient (Wildman–Crippen LogP) is 1.11. The second kappa shape index (κ2) is 8.71. The summed E-state index contributed by atoms with van der Waals surface area (Å²) >= 11 is 0. The maximum absolute atomic E-state index is 11.9. The average Bonchev–Trinajstić information content (AvgIpc) is 2.94. The van der Waals surface area contributed by atoms with Crippen molar-refractivity contribution in [2.24, 2.45) is 5.92 Å². The molecule has 138 valence electrons. The van der Waals surface area contributed by atoms with Gasteiger partial charge in [-0.1, -0.05) is 6.07 Å². The van der Waals surface area contributed by atoms with Crippen molar-refractivity contribution in [2.45, 2.75) is 12.8 Å². The highest BCUT2D eigenvalue weighted by Gasteiger charge is 2.33. The first-order chi connectivity index (χ1) is 11.9. The van der Waals surface area contributed by atoms with Gasteiger partial charge >= 0.3 is 5.97 Å². The number of aliphatic carboxylic acids is 1. The van der Waals surface area contributed by atoms with Gasteiger partial charge in [0.15, 0.2) is 0 Å². The van der Waals surface area contributed by atoms with Crippen molar-refractivity contribution in [1.29, 1.82) is 0 Å². The van der Waals surface area contributed by atoms with Crippen LogP contribution in [-0.4, -0.2) is 74.2 Å². The fourth-order valence-corrected chi connectivity index (χ4v) is 2.75. The standard InChI is InChI=1S/C18H26N2O5/c1-19(2)8-9-25-16-11-15(24-3)5-4-13(16)6-7-20-12-14(18(22)23)10-17(20)21/h4-5,11,14H,6-10,12H2,1-3H3,(H,22,23). The van der Waals surface area contributed by atoms with Crippen LogP contribution in [-0.2, 0) is 16.0 Å². The zero-order valence-corrected chi connectivity index (χ0v) is 15.0. The highest BCUT2D eigenvalue weighted by atomic mass is 16.5. The lowest BCUT2D eigenvalue weighted by Gasteiger charge is -2.18. The summed E-state index contributed by atoms with van der Waals surface area (Å²) in [6, 6.07) is 5.63. The van der Waals surface area contributed by atoms with Crippen LogP contribution >= 0.6 is 0 Å². The van der Waals surface area contributed by atoms with E-state index in [9.17, 15) is 9.59 Å². The molecular weight excluding hydrogens is 324 g/mol. The minimum Gasteiger partial charge on any atom is -0.497 e. The Kier molecular flexibility index (Phi) is 6.64. The fourth-order valence-electron chi connectivity index (χ4n) is 2.75. The third-order valence-corrected chi connectivity index (χ3v) is 4.29. The quantitative estimate of drug-likeness (QED) is 0.719. The monoisotopic (exact) mass is 350 g/mol. The summed E-state index contributed by atoms with van der Waals surface area (Å²) in [7, 11) is 5.56. The van der Waals surface area contributed by atoms with E-state index in [-0.39, 0.29) is 18.9 Å². The molecule has 25 heavy (non-hydrogen) atoms. The summed E-state index contributed by atoms with van der Waals surface area (Å²) in [6.45, 7) is 2.11. The highest BCUT2D eigenvalue weighted by molar-refractivity contribution is 5.86. The van der Waals surface area contributed by atoms with Gasteiger partial charge in [-0.2, -0.15) is 0 Å². The summed E-state index contributed by atoms with van der Waals surface area (Å²) in [6.07, 6.45) is 0.698. The first kappa shape index (κ1) is 19.1. The van der Waals surface area contributed by atoms with Crippen LogP contribution in [0.5, 0.6) is 11.5 Å². The lowest BCUT2D eigenvalue weighted by Crippen LogP contribution is -2.28. The zero-order chi connectivity index (χ0) is 18.4. The Labute approximate surface area is 148 Å². The van der Waals surface area contributed by atoms with E-state index in [0.717, 1.165) is 17.9 Å². The maximum atomic E-state index is 11.9. The summed E-state index contributed by atoms with van der Waals surface area (Å²) in [5.41, 5.74) is 0.978. The molecule has 2 rings (SSSR count). The number of carboxylic acids is 1. The van der Waals surface area contributed by atoms with E-state index in [1.165, 1.54) is 0 Å². The number of hydrogen-bond donors (Lipinski definition) is 1. The van der Waals surface area contributed by atoms with Crippen molar-refractivity contribution >= 4 is 11.9 Å². The molecule has 1 aliphatic rings. The smallest absolute Gasteiger partial charge is 0.308 e. The Morgan fingerprint density at radius 1 is 1.40 bits per heavy atom. The Morgan fingerprint density at radius 3 is 2.76 bits per heavy atom. The van der Waals surface area contributed by atoms with Crippen LogP contribution in [0.25, 0.3) is 0 Å². The molecule has 0 saturated carbocycles. The number of hydrogen-bond acceptors (Lipinski definition) is 5. The lowest BCUT2D eigenvalue weighted by molar-refractivity contribution is -0.141. The van der Waals surface area contributed by atoms with Gasteiger partial charge in [0, 0.05) is 32.1 Å². The normalized spacial score (nSPS) is 17.2. The van der Waals surface area contributed by atoms with E-state index in [4.69, 9.17) is 14.6 Å². The molecule has 0 aliphatic carbocycles. The minimum absolute atomic E-state index is 0.0874. The topological polar surface area (TPSA) is 79.3 Å². The molecule has 0 radical (unpaired) electrons. The zero-order valence-electron chi connectivity index (χ0n) is 15.0. The van der Waals surface area contributed by atoms with E-state index in [1.807, 2.05) is 37.2 Å². The Bertz CT molecular complexity index is 617. The molecule has 1 N–H and O–H groups in total. The van der Waals surface area contributed by atoms with Gasteiger partial charge in [0.25, 0.3) is 0 Å². The van der Waals surface area contributed by atoms with Crippen molar-refractivity contribution in [2.75, 3.05) is 47.4 Å². The molecule has 7 nitrogen and oxygen atoms in total. The average molecular weight is 350 g/mol. The summed E-state index contributed by atoms with van der Waals surface area (Å²) in [4.78, 5) is 26.7. The van der Waals surface area contributed by atoms with Crippen LogP contribution in [0.4, 0.5) is 0 Å². The van der Waals surface area contributed by atoms with Crippen LogP contribution < -0.4 is 9.47 Å². The van der Waals surface area contributed by atoms with Crippen LogP contribution in [0.3, 0.4) is 0 Å². The summed E-state index contributed by atoms with van der Waals surface area (Å²) in [5.74, 6) is -0.155. The minimum atomic E-state index is -0.909. The predicted molar refractivity (Wildman–Crippen MR) is 93.1 cm³/mol. The van der Waals surface area contributed by atoms with Crippen LogP contribution in [0, 0.1) is 5.92 Å². The summed E-state index contributed by atoms with van der Waals surface area (Å²) < 4.78 is 11.1. The number of likely N-dealkylation sites (N-methyl/N-ethyl adjacent to an activating group) is 1. The molecule has 1 aromatic carbocycles. The number of nitrogens with zero attached hydrogens (tertiary/aromatic N) is 2. The van der Waals surface area contributed by atoms with Gasteiger partial charge in [0.2, 0.25) is 5.91 Å². The third-order valence-electron chi connectivity index (χ3n) is 4.29. The van der Waals surface area contributed by atoms with Crippen LogP contribution in [0.1, 0.15) is 12.0 Å². The van der Waals surface area contributed by atoms with Crippen LogP contribution in [0.15, 0.2) is 18.2 Å². The van der Waals surface area contributed by atoms with Gasteiger partial charge in [0.1, 0.15) is 18.1 Å². The van der Waals surface area contributed by atoms with E-state index in [0.29, 0.717) is 25.3 Å². The molecule has 1 amide bonds. The molecule has 1 aliphatic heterocycles. The maximum Gasteiger partial charge on any atom is 0.308 e. The molecule has 1 heterocycles. The van der Waals surface area contributed by atoms with Gasteiger partial charge in [-0.3, -0.25) is 9.59 Å². The van der Waals surface area contributed by atoms with E-state index in [1.54, 1.807) is 12.0 Å². The van der Waals surface area contributed by atoms with E-state index >= 15 is 0 Å². The third kappa shape index (κ3) is 5.35. The SMILES string of the molecule is COc1ccc(CCN2CC(C(=O)O)CC2=O)c(OCCN(C)C)c1. The van der Waals surface area contributed by atoms with Crippen LogP contribution in [0.2, 0.25) is 0 Å². The molecule has 0 spiro atoms. The van der Waals surface area contributed by atoms with Gasteiger partial charge in [0.05, 0.1) is 13.0 Å². The van der Waals surface area contributed by atoms with Crippen molar-refractivity contribution in [3.63, 3.8) is 0 Å². The number of ether oxygens (including phenoxy) is 2. The molecule has 1 atom stereocenters. The van der Waals surface area contributed by atoms with Crippen molar-refractivity contribution < 1.29 is 24.2 Å². The first-order valence-corrected chi connectivity index (χ1v) is 8.35. The Morgan fingerprint density at radius 2 is 2.16 bits per heavy atom. The van der Waals surface area contributed by atoms with Crippen molar-refractivity contribution in [3.8, 4) is 11.5 Å². The number of carbonyl (C=O) groups excluding carboxylic acids is 1. The second-order valence-corrected chi connectivity index (χ2v) is 6.45. The number of methoxy groups -OCH3 is 1. The number of rotatable bonds is 9. The number of likely N-dealkylation sites (tertiary alicyclic amines) is 1. The number of benzene rings is 1.